The summed E-state index contributed by atoms with van der Waals surface area (Å²) in [5, 5.41) is 8.79. The lowest BCUT2D eigenvalue weighted by Gasteiger charge is -2.10. The third-order valence-corrected chi connectivity index (χ3v) is 5.35. The highest BCUT2D eigenvalue weighted by Crippen LogP contribution is 2.27. The Hall–Kier alpha value is -4.05. The van der Waals surface area contributed by atoms with E-state index in [-0.39, 0.29) is 17.1 Å². The number of anilines is 1. The van der Waals surface area contributed by atoms with Gasteiger partial charge in [0.1, 0.15) is 11.6 Å². The summed E-state index contributed by atoms with van der Waals surface area (Å²) in [7, 11) is 2.70. The first-order valence-electron chi connectivity index (χ1n) is 9.34. The number of halogens is 1. The van der Waals surface area contributed by atoms with Crippen molar-refractivity contribution in [3.05, 3.63) is 77.2 Å². The van der Waals surface area contributed by atoms with Crippen molar-refractivity contribution in [1.82, 2.24) is 14.8 Å². The molecule has 0 bridgehead atoms. The van der Waals surface area contributed by atoms with Gasteiger partial charge in [-0.1, -0.05) is 12.1 Å². The van der Waals surface area contributed by atoms with E-state index in [1.807, 2.05) is 17.5 Å². The number of esters is 1. The molecule has 2 aromatic heterocycles. The second-order valence-corrected chi connectivity index (χ2v) is 7.43. The second kappa shape index (κ2) is 8.98. The van der Waals surface area contributed by atoms with Crippen LogP contribution in [0.25, 0.3) is 16.4 Å². The number of hydrogen-bond donors (Lipinski definition) is 1. The summed E-state index contributed by atoms with van der Waals surface area (Å²) in [6, 6.07) is 14.1. The van der Waals surface area contributed by atoms with Crippen molar-refractivity contribution in [2.75, 3.05) is 19.5 Å². The van der Waals surface area contributed by atoms with Crippen LogP contribution in [0.15, 0.2) is 60.0 Å². The zero-order chi connectivity index (χ0) is 22.7. The maximum absolute atomic E-state index is 13.8. The number of aromatic nitrogens is 3. The third kappa shape index (κ3) is 4.21. The van der Waals surface area contributed by atoms with Crippen molar-refractivity contribution in [2.24, 2.45) is 0 Å². The number of carbonyl (C=O) groups excluding carboxylic acids is 2. The topological polar surface area (TPSA) is 95.3 Å². The molecule has 0 atom stereocenters. The fourth-order valence-electron chi connectivity index (χ4n) is 2.98. The van der Waals surface area contributed by atoms with Crippen molar-refractivity contribution < 1.29 is 23.5 Å². The number of methoxy groups -OCH3 is 2. The molecule has 0 spiro atoms. The van der Waals surface area contributed by atoms with Crippen LogP contribution in [0.1, 0.15) is 21.0 Å². The van der Waals surface area contributed by atoms with Crippen LogP contribution < -0.4 is 10.1 Å². The average molecular weight is 452 g/mol. The lowest BCUT2D eigenvalue weighted by atomic mass is 10.1. The molecule has 4 aromatic rings. The summed E-state index contributed by atoms with van der Waals surface area (Å²) in [4.78, 5) is 30.2. The summed E-state index contributed by atoms with van der Waals surface area (Å²) < 4.78 is 25.1. The number of nitrogens with zero attached hydrogens (tertiary/aromatic N) is 3. The number of benzene rings is 2. The van der Waals surface area contributed by atoms with Gasteiger partial charge in [-0.15, -0.1) is 16.4 Å². The molecule has 0 saturated heterocycles. The Balaban J connectivity index is 1.73. The monoisotopic (exact) mass is 452 g/mol. The lowest BCUT2D eigenvalue weighted by Crippen LogP contribution is -2.17. The summed E-state index contributed by atoms with van der Waals surface area (Å²) >= 11 is 1.41. The van der Waals surface area contributed by atoms with Gasteiger partial charge in [-0.3, -0.25) is 4.79 Å². The summed E-state index contributed by atoms with van der Waals surface area (Å²) in [5.74, 6) is -1.06. The first-order chi connectivity index (χ1) is 15.5. The van der Waals surface area contributed by atoms with E-state index in [0.29, 0.717) is 17.3 Å². The van der Waals surface area contributed by atoms with Crippen LogP contribution in [-0.4, -0.2) is 40.9 Å². The van der Waals surface area contributed by atoms with E-state index in [0.717, 1.165) is 4.88 Å². The maximum Gasteiger partial charge on any atom is 0.340 e. The molecule has 1 amide bonds. The van der Waals surface area contributed by atoms with E-state index in [1.54, 1.807) is 18.2 Å². The molecule has 10 heteroatoms. The predicted molar refractivity (Wildman–Crippen MR) is 117 cm³/mol. The van der Waals surface area contributed by atoms with E-state index < -0.39 is 17.7 Å². The van der Waals surface area contributed by atoms with Crippen LogP contribution in [0.4, 0.5) is 10.1 Å². The number of thiophene rings is 1. The quantitative estimate of drug-likeness (QED) is 0.441. The van der Waals surface area contributed by atoms with Gasteiger partial charge in [0.15, 0.2) is 5.82 Å². The number of carbonyl (C=O) groups is 2. The molecule has 2 heterocycles. The summed E-state index contributed by atoms with van der Waals surface area (Å²) in [6.45, 7) is 0. The molecule has 162 valence electrons. The predicted octanol–water partition coefficient (Wildman–Crippen LogP) is 4.18. The zero-order valence-electron chi connectivity index (χ0n) is 17.0. The van der Waals surface area contributed by atoms with Gasteiger partial charge in [-0.05, 0) is 47.8 Å². The molecular weight excluding hydrogens is 435 g/mol. The molecule has 0 saturated carbocycles. The zero-order valence-corrected chi connectivity index (χ0v) is 17.9. The standard InChI is InChI=1S/C22H17FN4O4S/c1-30-15-8-9-17(16(12-15)22(29)31-2)24-21(28)19-25-20(18-7-4-10-32-18)27(26-19)14-6-3-5-13(23)11-14/h3-12H,1-2H3,(H,24,28). The van der Waals surface area contributed by atoms with Gasteiger partial charge in [0.2, 0.25) is 5.82 Å². The first kappa shape index (κ1) is 21.2. The van der Waals surface area contributed by atoms with Crippen molar-refractivity contribution in [2.45, 2.75) is 0 Å². The average Bonchev–Trinajstić information content (AvgIpc) is 3.49. The molecule has 2 aromatic carbocycles. The van der Waals surface area contributed by atoms with Gasteiger partial charge < -0.3 is 14.8 Å². The molecular formula is C22H17FN4O4S. The molecule has 1 N–H and O–H groups in total. The van der Waals surface area contributed by atoms with Crippen LogP contribution in [0, 0.1) is 5.82 Å². The Morgan fingerprint density at radius 2 is 1.94 bits per heavy atom. The second-order valence-electron chi connectivity index (χ2n) is 6.49. The number of hydrogen-bond acceptors (Lipinski definition) is 7. The minimum absolute atomic E-state index is 0.114. The van der Waals surface area contributed by atoms with E-state index in [2.05, 4.69) is 15.4 Å². The van der Waals surface area contributed by atoms with Gasteiger partial charge in [-0.2, -0.15) is 0 Å². The van der Waals surface area contributed by atoms with Crippen LogP contribution in [0.3, 0.4) is 0 Å². The van der Waals surface area contributed by atoms with Gasteiger partial charge in [0.25, 0.3) is 5.91 Å². The minimum Gasteiger partial charge on any atom is -0.497 e. The van der Waals surface area contributed by atoms with Crippen molar-refractivity contribution >= 4 is 28.9 Å². The summed E-state index contributed by atoms with van der Waals surface area (Å²) in [6.07, 6.45) is 0. The molecule has 8 nitrogen and oxygen atoms in total. The Bertz CT molecular complexity index is 1290. The van der Waals surface area contributed by atoms with E-state index in [1.165, 1.54) is 54.5 Å². The van der Waals surface area contributed by atoms with Crippen molar-refractivity contribution in [3.63, 3.8) is 0 Å². The third-order valence-electron chi connectivity index (χ3n) is 4.48. The van der Waals surface area contributed by atoms with Gasteiger partial charge in [-0.25, -0.2) is 18.9 Å². The fraction of sp³-hybridized carbons (Fsp3) is 0.0909. The highest BCUT2D eigenvalue weighted by atomic mass is 32.1. The summed E-state index contributed by atoms with van der Waals surface area (Å²) in [5.41, 5.74) is 0.741. The van der Waals surface area contributed by atoms with Crippen LogP contribution >= 0.6 is 11.3 Å². The highest BCUT2D eigenvalue weighted by Gasteiger charge is 2.22. The number of nitrogens with one attached hydrogen (secondary N) is 1. The Labute approximate surface area is 186 Å². The van der Waals surface area contributed by atoms with E-state index >= 15 is 0 Å². The smallest absolute Gasteiger partial charge is 0.340 e. The maximum atomic E-state index is 13.8. The minimum atomic E-state index is -0.645. The van der Waals surface area contributed by atoms with Gasteiger partial charge >= 0.3 is 5.97 Å². The molecule has 0 aliphatic heterocycles. The van der Waals surface area contributed by atoms with Crippen LogP contribution in [0.5, 0.6) is 5.75 Å². The van der Waals surface area contributed by atoms with Gasteiger partial charge in [0, 0.05) is 0 Å². The number of amides is 1. The van der Waals surface area contributed by atoms with E-state index in [4.69, 9.17) is 9.47 Å². The fourth-order valence-corrected chi connectivity index (χ4v) is 3.68. The lowest BCUT2D eigenvalue weighted by molar-refractivity contribution is 0.0601. The Morgan fingerprint density at radius 3 is 2.62 bits per heavy atom. The van der Waals surface area contributed by atoms with Gasteiger partial charge in [0.05, 0.1) is 36.0 Å². The van der Waals surface area contributed by atoms with Crippen molar-refractivity contribution in [1.29, 1.82) is 0 Å². The van der Waals surface area contributed by atoms with Crippen LogP contribution in [0.2, 0.25) is 0 Å². The Kier molecular flexibility index (Phi) is 5.95. The highest BCUT2D eigenvalue weighted by molar-refractivity contribution is 7.13. The molecule has 0 unspecified atom stereocenters. The SMILES string of the molecule is COC(=O)c1cc(OC)ccc1NC(=O)c1nc(-c2cccs2)n(-c2cccc(F)c2)n1. The molecule has 0 aliphatic rings. The molecule has 0 fully saturated rings. The van der Waals surface area contributed by atoms with Crippen LogP contribution in [-0.2, 0) is 4.74 Å². The van der Waals surface area contributed by atoms with E-state index in [9.17, 15) is 14.0 Å². The molecule has 4 rings (SSSR count). The first-order valence-corrected chi connectivity index (χ1v) is 10.2. The Morgan fingerprint density at radius 1 is 1.09 bits per heavy atom. The largest absolute Gasteiger partial charge is 0.497 e. The normalized spacial score (nSPS) is 10.6. The molecule has 32 heavy (non-hydrogen) atoms. The molecule has 0 radical (unpaired) electrons. The number of ether oxygens (including phenoxy) is 2. The molecule has 0 aliphatic carbocycles. The van der Waals surface area contributed by atoms with Crippen molar-refractivity contribution in [3.8, 4) is 22.1 Å². The number of rotatable bonds is 6.